The molecule has 0 amide bonds. The number of sulfonamides is 1. The fourth-order valence-corrected chi connectivity index (χ4v) is 3.72. The van der Waals surface area contributed by atoms with Gasteiger partial charge in [-0.1, -0.05) is 12.1 Å². The molecule has 0 saturated carbocycles. The number of rotatable bonds is 5. The Hall–Kier alpha value is -3.24. The number of aromatic hydroxyl groups is 1. The Labute approximate surface area is 154 Å². The number of carboxylic acid groups (broad SMARTS) is 1. The smallest absolute Gasteiger partial charge is 0.335 e. The first-order chi connectivity index (χ1) is 12.8. The molecule has 0 unspecified atom stereocenters. The van der Waals surface area contributed by atoms with Crippen molar-refractivity contribution in [1.82, 2.24) is 5.01 Å². The number of phenols is 1. The molecule has 3 rings (SSSR count). The third-order valence-corrected chi connectivity index (χ3v) is 5.10. The van der Waals surface area contributed by atoms with Crippen LogP contribution < -0.4 is 0 Å². The van der Waals surface area contributed by atoms with Gasteiger partial charge in [-0.3, -0.25) is 0 Å². The van der Waals surface area contributed by atoms with Gasteiger partial charge >= 0.3 is 5.97 Å². The second kappa shape index (κ2) is 7.17. The third kappa shape index (κ3) is 3.66. The first kappa shape index (κ1) is 18.5. The zero-order valence-corrected chi connectivity index (χ0v) is 14.7. The third-order valence-electron chi connectivity index (χ3n) is 3.78. The number of hydrogen-bond acceptors (Lipinski definition) is 7. The molecule has 9 nitrogen and oxygen atoms in total. The Kier molecular flexibility index (Phi) is 4.93. The number of amidine groups is 1. The lowest BCUT2D eigenvalue weighted by Crippen LogP contribution is -2.28. The molecule has 0 fully saturated rings. The van der Waals surface area contributed by atoms with E-state index in [1.54, 1.807) is 18.2 Å². The lowest BCUT2D eigenvalue weighted by Gasteiger charge is -2.17. The molecule has 0 atom stereocenters. The molecule has 3 N–H and O–H groups in total. The first-order valence-corrected chi connectivity index (χ1v) is 9.20. The minimum absolute atomic E-state index is 0.0322. The monoisotopic (exact) mass is 389 g/mol. The number of carboxylic acids is 1. The van der Waals surface area contributed by atoms with Gasteiger partial charge in [0.15, 0.2) is 5.84 Å². The molecular weight excluding hydrogens is 374 g/mol. The molecule has 2 aromatic carbocycles. The minimum Gasteiger partial charge on any atom is -0.507 e. The number of aliphatic hydroxyl groups is 1. The summed E-state index contributed by atoms with van der Waals surface area (Å²) in [5.74, 6) is -1.34. The molecular formula is C17H15N3O6S. The number of hydrazone groups is 1. The standard InChI is InChI=1S/C17H15N3O6S/c21-8-7-20(16-13-3-1-2-4-15(13)27(25,26)19-16)18-10-12-9-11(17(23)24)5-6-14(12)22/h1-6,9-10,21-22H,7-8H2,(H,23,24). The summed E-state index contributed by atoms with van der Waals surface area (Å²) in [6, 6.07) is 9.89. The molecule has 0 spiro atoms. The van der Waals surface area contributed by atoms with Crippen LogP contribution in [0.25, 0.3) is 0 Å². The Morgan fingerprint density at radius 3 is 2.67 bits per heavy atom. The Morgan fingerprint density at radius 2 is 1.96 bits per heavy atom. The molecule has 0 aromatic heterocycles. The molecule has 0 radical (unpaired) electrons. The average Bonchev–Trinajstić information content (AvgIpc) is 2.91. The van der Waals surface area contributed by atoms with Crippen molar-refractivity contribution < 1.29 is 28.5 Å². The van der Waals surface area contributed by atoms with Crippen LogP contribution in [-0.4, -0.2) is 59.9 Å². The van der Waals surface area contributed by atoms with Crippen LogP contribution >= 0.6 is 0 Å². The Balaban J connectivity index is 2.00. The fraction of sp³-hybridized carbons (Fsp3) is 0.118. The number of nitrogens with zero attached hydrogens (tertiary/aromatic N) is 3. The van der Waals surface area contributed by atoms with Crippen molar-refractivity contribution in [1.29, 1.82) is 0 Å². The van der Waals surface area contributed by atoms with Crippen molar-refractivity contribution in [2.45, 2.75) is 4.90 Å². The molecule has 27 heavy (non-hydrogen) atoms. The zero-order valence-electron chi connectivity index (χ0n) is 13.8. The van der Waals surface area contributed by atoms with Crippen LogP contribution in [0.4, 0.5) is 0 Å². The van der Waals surface area contributed by atoms with Gasteiger partial charge in [0.05, 0.1) is 24.9 Å². The van der Waals surface area contributed by atoms with E-state index in [2.05, 4.69) is 9.50 Å². The summed E-state index contributed by atoms with van der Waals surface area (Å²) in [7, 11) is -3.86. The number of phenolic OH excluding ortho intramolecular Hbond substituents is 1. The van der Waals surface area contributed by atoms with E-state index in [0.717, 1.165) is 0 Å². The molecule has 0 bridgehead atoms. The summed E-state index contributed by atoms with van der Waals surface area (Å²) < 4.78 is 28.1. The SMILES string of the molecule is O=C(O)c1ccc(O)c(C=NN(CCO)C2=NS(=O)(=O)c3ccccc32)c1. The largest absolute Gasteiger partial charge is 0.507 e. The van der Waals surface area contributed by atoms with E-state index in [9.17, 15) is 23.4 Å². The van der Waals surface area contributed by atoms with Crippen LogP contribution in [0.5, 0.6) is 5.75 Å². The molecule has 140 valence electrons. The number of fused-ring (bicyclic) bond motifs is 1. The first-order valence-electron chi connectivity index (χ1n) is 7.76. The van der Waals surface area contributed by atoms with E-state index in [0.29, 0.717) is 5.56 Å². The second-order valence-electron chi connectivity index (χ2n) is 5.56. The van der Waals surface area contributed by atoms with Gasteiger partial charge in [-0.05, 0) is 30.3 Å². The van der Waals surface area contributed by atoms with Gasteiger partial charge < -0.3 is 15.3 Å². The van der Waals surface area contributed by atoms with Crippen LogP contribution in [0, 0.1) is 0 Å². The van der Waals surface area contributed by atoms with Gasteiger partial charge in [0.2, 0.25) is 0 Å². The van der Waals surface area contributed by atoms with E-state index < -0.39 is 16.0 Å². The summed E-state index contributed by atoms with van der Waals surface area (Å²) in [6.07, 6.45) is 1.17. The average molecular weight is 389 g/mol. The summed E-state index contributed by atoms with van der Waals surface area (Å²) in [6.45, 7) is -0.391. The van der Waals surface area contributed by atoms with Crippen molar-refractivity contribution in [2.75, 3.05) is 13.2 Å². The molecule has 1 heterocycles. The van der Waals surface area contributed by atoms with E-state index in [1.165, 1.54) is 35.5 Å². The van der Waals surface area contributed by atoms with Crippen LogP contribution in [-0.2, 0) is 10.0 Å². The van der Waals surface area contributed by atoms with Gasteiger partial charge in [-0.25, -0.2) is 9.80 Å². The van der Waals surface area contributed by atoms with E-state index in [4.69, 9.17) is 5.11 Å². The quantitative estimate of drug-likeness (QED) is 0.509. The van der Waals surface area contributed by atoms with Gasteiger partial charge in [0.1, 0.15) is 10.6 Å². The Bertz CT molecular complexity index is 1060. The highest BCUT2D eigenvalue weighted by atomic mass is 32.2. The maximum atomic E-state index is 12.2. The van der Waals surface area contributed by atoms with E-state index >= 15 is 0 Å². The van der Waals surface area contributed by atoms with Crippen LogP contribution in [0.1, 0.15) is 21.5 Å². The van der Waals surface area contributed by atoms with Crippen LogP contribution in [0.3, 0.4) is 0 Å². The van der Waals surface area contributed by atoms with Crippen LogP contribution in [0.15, 0.2) is 56.9 Å². The molecule has 0 saturated heterocycles. The van der Waals surface area contributed by atoms with Crippen molar-refractivity contribution in [3.05, 3.63) is 59.2 Å². The van der Waals surface area contributed by atoms with Crippen molar-refractivity contribution in [3.8, 4) is 5.75 Å². The van der Waals surface area contributed by atoms with E-state index in [1.807, 2.05) is 0 Å². The summed E-state index contributed by atoms with van der Waals surface area (Å²) >= 11 is 0. The second-order valence-corrected chi connectivity index (χ2v) is 7.13. The summed E-state index contributed by atoms with van der Waals surface area (Å²) in [4.78, 5) is 11.1. The number of benzene rings is 2. The number of aliphatic hydroxyl groups excluding tert-OH is 1. The number of carbonyl (C=O) groups is 1. The van der Waals surface area contributed by atoms with E-state index in [-0.39, 0.29) is 40.8 Å². The maximum absolute atomic E-state index is 12.2. The summed E-state index contributed by atoms with van der Waals surface area (Å²) in [5, 5.41) is 33.5. The lowest BCUT2D eigenvalue weighted by molar-refractivity contribution is 0.0697. The molecule has 1 aliphatic rings. The molecule has 1 aliphatic heterocycles. The molecule has 10 heteroatoms. The van der Waals surface area contributed by atoms with Gasteiger partial charge in [-0.15, -0.1) is 4.40 Å². The topological polar surface area (TPSA) is 140 Å². The number of hydrogen-bond donors (Lipinski definition) is 3. The predicted molar refractivity (Wildman–Crippen MR) is 96.6 cm³/mol. The Morgan fingerprint density at radius 1 is 1.22 bits per heavy atom. The normalized spacial score (nSPS) is 14.8. The van der Waals surface area contributed by atoms with Gasteiger partial charge in [0.25, 0.3) is 10.0 Å². The molecule has 2 aromatic rings. The number of aromatic carboxylic acids is 1. The van der Waals surface area contributed by atoms with Crippen molar-refractivity contribution in [2.24, 2.45) is 9.50 Å². The highest BCUT2D eigenvalue weighted by molar-refractivity contribution is 7.90. The fourth-order valence-electron chi connectivity index (χ4n) is 2.51. The lowest BCUT2D eigenvalue weighted by atomic mass is 10.1. The predicted octanol–water partition coefficient (Wildman–Crippen LogP) is 0.868. The maximum Gasteiger partial charge on any atom is 0.335 e. The summed E-state index contributed by atoms with van der Waals surface area (Å²) in [5.41, 5.74) is 0.410. The van der Waals surface area contributed by atoms with Crippen molar-refractivity contribution in [3.63, 3.8) is 0 Å². The minimum atomic E-state index is -3.86. The highest BCUT2D eigenvalue weighted by Gasteiger charge is 2.31. The van der Waals surface area contributed by atoms with Gasteiger partial charge in [-0.2, -0.15) is 13.5 Å². The zero-order chi connectivity index (χ0) is 19.6. The van der Waals surface area contributed by atoms with Crippen molar-refractivity contribution >= 4 is 28.0 Å². The molecule has 0 aliphatic carbocycles. The van der Waals surface area contributed by atoms with Gasteiger partial charge in [0, 0.05) is 11.1 Å². The highest BCUT2D eigenvalue weighted by Crippen LogP contribution is 2.27. The van der Waals surface area contributed by atoms with Crippen LogP contribution in [0.2, 0.25) is 0 Å².